The fraction of sp³-hybridized carbons (Fsp3) is 0.286. The molecule has 1 aromatic heterocycles. The summed E-state index contributed by atoms with van der Waals surface area (Å²) in [5.41, 5.74) is 0.704. The lowest BCUT2D eigenvalue weighted by Gasteiger charge is -2.12. The molecule has 1 atom stereocenters. The predicted molar refractivity (Wildman–Crippen MR) is 92.5 cm³/mol. The molecule has 1 fully saturated rings. The van der Waals surface area contributed by atoms with Gasteiger partial charge in [-0.05, 0) is 30.7 Å². The molecular formula is C14H14Cl2N4O2S. The summed E-state index contributed by atoms with van der Waals surface area (Å²) in [4.78, 5) is 8.44. The number of hydrogen-bond acceptors (Lipinski definition) is 6. The van der Waals surface area contributed by atoms with Gasteiger partial charge in [0.25, 0.3) is 0 Å². The Balaban J connectivity index is 1.72. The lowest BCUT2D eigenvalue weighted by atomic mass is 10.3. The molecule has 0 amide bonds. The van der Waals surface area contributed by atoms with Gasteiger partial charge in [-0.15, -0.1) is 0 Å². The highest BCUT2D eigenvalue weighted by molar-refractivity contribution is 7.91. The molecule has 6 nitrogen and oxygen atoms in total. The first-order valence-electron chi connectivity index (χ1n) is 6.93. The summed E-state index contributed by atoms with van der Waals surface area (Å²) >= 11 is 11.9. The van der Waals surface area contributed by atoms with Crippen molar-refractivity contribution in [2.45, 2.75) is 12.5 Å². The molecule has 3 rings (SSSR count). The third kappa shape index (κ3) is 4.46. The van der Waals surface area contributed by atoms with Gasteiger partial charge in [-0.3, -0.25) is 0 Å². The van der Waals surface area contributed by atoms with Crippen LogP contribution in [0.15, 0.2) is 30.5 Å². The lowest BCUT2D eigenvalue weighted by Crippen LogP contribution is -2.22. The number of rotatable bonds is 4. The minimum absolute atomic E-state index is 0.109. The summed E-state index contributed by atoms with van der Waals surface area (Å²) < 4.78 is 23.0. The molecule has 122 valence electrons. The van der Waals surface area contributed by atoms with E-state index in [9.17, 15) is 8.42 Å². The second-order valence-electron chi connectivity index (χ2n) is 5.29. The summed E-state index contributed by atoms with van der Waals surface area (Å²) in [5.74, 6) is 1.24. The van der Waals surface area contributed by atoms with Crippen molar-refractivity contribution in [1.82, 2.24) is 9.97 Å². The number of aromatic nitrogens is 2. The normalized spacial score (nSPS) is 19.5. The van der Waals surface area contributed by atoms with Crippen molar-refractivity contribution in [2.24, 2.45) is 0 Å². The van der Waals surface area contributed by atoms with Gasteiger partial charge in [0.1, 0.15) is 5.82 Å². The Bertz CT molecular complexity index is 809. The van der Waals surface area contributed by atoms with Gasteiger partial charge in [0, 0.05) is 28.0 Å². The Hall–Kier alpha value is -1.57. The van der Waals surface area contributed by atoms with Crippen LogP contribution in [0.4, 0.5) is 17.5 Å². The molecule has 1 aliphatic rings. The molecule has 1 aliphatic heterocycles. The summed E-state index contributed by atoms with van der Waals surface area (Å²) in [7, 11) is -2.95. The van der Waals surface area contributed by atoms with Gasteiger partial charge < -0.3 is 10.6 Å². The monoisotopic (exact) mass is 372 g/mol. The molecule has 2 heterocycles. The molecule has 0 spiro atoms. The highest BCUT2D eigenvalue weighted by Gasteiger charge is 2.28. The summed E-state index contributed by atoms with van der Waals surface area (Å²) in [6.07, 6.45) is 2.15. The van der Waals surface area contributed by atoms with Gasteiger partial charge >= 0.3 is 0 Å². The lowest BCUT2D eigenvalue weighted by molar-refractivity contribution is 0.602. The number of hydrogen-bond donors (Lipinski definition) is 2. The molecule has 0 saturated carbocycles. The van der Waals surface area contributed by atoms with Crippen LogP contribution in [0.25, 0.3) is 0 Å². The second kappa shape index (κ2) is 6.51. The fourth-order valence-electron chi connectivity index (χ4n) is 2.36. The smallest absolute Gasteiger partial charge is 0.224 e. The zero-order valence-electron chi connectivity index (χ0n) is 12.0. The molecule has 1 unspecified atom stereocenters. The number of nitrogens with one attached hydrogen (secondary N) is 2. The largest absolute Gasteiger partial charge is 0.350 e. The number of sulfone groups is 1. The van der Waals surface area contributed by atoms with Gasteiger partial charge in [-0.25, -0.2) is 13.4 Å². The predicted octanol–water partition coefficient (Wildman–Crippen LogP) is 3.13. The SMILES string of the molecule is O=S1(=O)CCC(Nc2nccc(Nc3cc(Cl)cc(Cl)c3)n2)C1. The molecule has 23 heavy (non-hydrogen) atoms. The van der Waals surface area contributed by atoms with Gasteiger partial charge in [0.2, 0.25) is 5.95 Å². The molecule has 1 aromatic carbocycles. The zero-order valence-corrected chi connectivity index (χ0v) is 14.3. The minimum atomic E-state index is -2.95. The molecule has 1 saturated heterocycles. The third-order valence-corrected chi connectivity index (χ3v) is 5.56. The quantitative estimate of drug-likeness (QED) is 0.857. The van der Waals surface area contributed by atoms with Crippen LogP contribution in [-0.4, -0.2) is 35.9 Å². The van der Waals surface area contributed by atoms with Crippen molar-refractivity contribution in [3.8, 4) is 0 Å². The minimum Gasteiger partial charge on any atom is -0.350 e. The first-order chi connectivity index (χ1) is 10.9. The van der Waals surface area contributed by atoms with Gasteiger partial charge in [0.15, 0.2) is 9.84 Å². The first-order valence-corrected chi connectivity index (χ1v) is 9.50. The van der Waals surface area contributed by atoms with Gasteiger partial charge in [0.05, 0.1) is 11.5 Å². The van der Waals surface area contributed by atoms with E-state index in [4.69, 9.17) is 23.2 Å². The molecular weight excluding hydrogens is 359 g/mol. The summed E-state index contributed by atoms with van der Waals surface area (Å²) in [5, 5.41) is 7.18. The van der Waals surface area contributed by atoms with Gasteiger partial charge in [-0.2, -0.15) is 4.98 Å². The maximum Gasteiger partial charge on any atom is 0.224 e. The number of halogens is 2. The average Bonchev–Trinajstić information content (AvgIpc) is 2.77. The number of benzene rings is 1. The number of nitrogens with zero attached hydrogens (tertiary/aromatic N) is 2. The van der Waals surface area contributed by atoms with Crippen LogP contribution in [-0.2, 0) is 9.84 Å². The highest BCUT2D eigenvalue weighted by atomic mass is 35.5. The maximum atomic E-state index is 11.5. The van der Waals surface area contributed by atoms with Gasteiger partial charge in [-0.1, -0.05) is 23.2 Å². The average molecular weight is 373 g/mol. The van der Waals surface area contributed by atoms with E-state index in [2.05, 4.69) is 20.6 Å². The molecule has 2 aromatic rings. The second-order valence-corrected chi connectivity index (χ2v) is 8.39. The summed E-state index contributed by atoms with van der Waals surface area (Å²) in [6.45, 7) is 0. The van der Waals surface area contributed by atoms with E-state index >= 15 is 0 Å². The van der Waals surface area contributed by atoms with Crippen molar-refractivity contribution < 1.29 is 8.42 Å². The highest BCUT2D eigenvalue weighted by Crippen LogP contribution is 2.25. The van der Waals surface area contributed by atoms with Crippen molar-refractivity contribution in [3.05, 3.63) is 40.5 Å². The molecule has 9 heteroatoms. The Labute approximate surface area is 144 Å². The Morgan fingerprint density at radius 3 is 2.57 bits per heavy atom. The summed E-state index contributed by atoms with van der Waals surface area (Å²) in [6, 6.07) is 6.64. The molecule has 0 radical (unpaired) electrons. The molecule has 0 aliphatic carbocycles. The van der Waals surface area contributed by atoms with E-state index in [0.29, 0.717) is 33.9 Å². The topological polar surface area (TPSA) is 84.0 Å². The Kier molecular flexibility index (Phi) is 4.61. The molecule has 2 N–H and O–H groups in total. The van der Waals surface area contributed by atoms with Crippen molar-refractivity contribution in [2.75, 3.05) is 22.1 Å². The van der Waals surface area contributed by atoms with Crippen molar-refractivity contribution >= 4 is 50.5 Å². The Morgan fingerprint density at radius 1 is 1.17 bits per heavy atom. The van der Waals surface area contributed by atoms with E-state index in [0.717, 1.165) is 0 Å². The van der Waals surface area contributed by atoms with Crippen LogP contribution in [0.3, 0.4) is 0 Å². The van der Waals surface area contributed by atoms with Crippen LogP contribution in [0.5, 0.6) is 0 Å². The Morgan fingerprint density at radius 2 is 1.91 bits per heavy atom. The van der Waals surface area contributed by atoms with Crippen LogP contribution in [0, 0.1) is 0 Å². The van der Waals surface area contributed by atoms with Crippen LogP contribution in [0.2, 0.25) is 10.0 Å². The first kappa shape index (κ1) is 16.3. The third-order valence-electron chi connectivity index (χ3n) is 3.36. The van der Waals surface area contributed by atoms with E-state index in [1.54, 1.807) is 30.5 Å². The maximum absolute atomic E-state index is 11.5. The van der Waals surface area contributed by atoms with Crippen molar-refractivity contribution in [1.29, 1.82) is 0 Å². The zero-order chi connectivity index (χ0) is 16.4. The van der Waals surface area contributed by atoms with E-state index in [1.807, 2.05) is 0 Å². The fourth-order valence-corrected chi connectivity index (χ4v) is 4.56. The van der Waals surface area contributed by atoms with Crippen LogP contribution in [0.1, 0.15) is 6.42 Å². The number of anilines is 3. The standard InChI is InChI=1S/C14H14Cl2N4O2S/c15-9-5-10(16)7-12(6-9)18-13-1-3-17-14(20-13)19-11-2-4-23(21,22)8-11/h1,3,5-7,11H,2,4,8H2,(H2,17,18,19,20). The van der Waals surface area contributed by atoms with E-state index in [1.165, 1.54) is 0 Å². The molecule has 0 bridgehead atoms. The van der Waals surface area contributed by atoms with Crippen molar-refractivity contribution in [3.63, 3.8) is 0 Å². The van der Waals surface area contributed by atoms with E-state index < -0.39 is 9.84 Å². The van der Waals surface area contributed by atoms with Crippen LogP contribution < -0.4 is 10.6 Å². The van der Waals surface area contributed by atoms with E-state index in [-0.39, 0.29) is 17.5 Å². The van der Waals surface area contributed by atoms with Crippen LogP contribution >= 0.6 is 23.2 Å².